The van der Waals surface area contributed by atoms with E-state index in [1.165, 1.54) is 18.3 Å². The number of rotatable bonds is 1. The molecular weight excluding hydrogens is 283 g/mol. The van der Waals surface area contributed by atoms with E-state index in [4.69, 9.17) is 15.9 Å². The smallest absolute Gasteiger partial charge is 0.416 e. The number of nitrogen functional groups attached to an aromatic ring is 2. The van der Waals surface area contributed by atoms with Crippen LogP contribution in [0.1, 0.15) is 5.56 Å². The number of fused-ring (bicyclic) bond motifs is 1. The van der Waals surface area contributed by atoms with Gasteiger partial charge in [-0.1, -0.05) is 12.1 Å². The van der Waals surface area contributed by atoms with Crippen molar-refractivity contribution in [1.29, 1.82) is 0 Å². The molecule has 0 amide bonds. The number of hydrogen-bond acceptors (Lipinski definition) is 4. The lowest BCUT2D eigenvalue weighted by atomic mass is 10.1. The van der Waals surface area contributed by atoms with Crippen LogP contribution >= 0.6 is 0 Å². The second-order valence-electron chi connectivity index (χ2n) is 4.49. The molecule has 3 rings (SSSR count). The Bertz CT molecular complexity index is 807. The lowest BCUT2D eigenvalue weighted by molar-refractivity contribution is -0.137. The highest BCUT2D eigenvalue weighted by atomic mass is 19.4. The first-order valence-corrected chi connectivity index (χ1v) is 5.98. The minimum absolute atomic E-state index is 0.0613. The topological polar surface area (TPSA) is 78.1 Å². The number of halogens is 3. The first-order chi connectivity index (χ1) is 9.88. The maximum absolute atomic E-state index is 12.6. The van der Waals surface area contributed by atoms with Crippen LogP contribution in [0.2, 0.25) is 0 Å². The lowest BCUT2D eigenvalue weighted by Gasteiger charge is -2.07. The number of nitrogens with zero attached hydrogens (tertiary/aromatic N) is 1. The zero-order valence-electron chi connectivity index (χ0n) is 10.6. The number of furan rings is 1. The number of nitrogens with two attached hydrogens (primary N) is 2. The maximum atomic E-state index is 12.6. The minimum Gasteiger partial charge on any atom is -0.436 e. The minimum atomic E-state index is -4.38. The molecule has 1 aromatic carbocycles. The van der Waals surface area contributed by atoms with Crippen molar-refractivity contribution in [3.05, 3.63) is 42.1 Å². The van der Waals surface area contributed by atoms with Gasteiger partial charge in [-0.25, -0.2) is 0 Å². The summed E-state index contributed by atoms with van der Waals surface area (Å²) in [7, 11) is 0. The highest BCUT2D eigenvalue weighted by molar-refractivity contribution is 6.01. The molecule has 0 aliphatic heterocycles. The summed E-state index contributed by atoms with van der Waals surface area (Å²) >= 11 is 0. The highest BCUT2D eigenvalue weighted by Crippen LogP contribution is 2.36. The molecule has 0 aliphatic rings. The number of anilines is 2. The van der Waals surface area contributed by atoms with E-state index in [2.05, 4.69) is 4.98 Å². The summed E-state index contributed by atoms with van der Waals surface area (Å²) in [6.07, 6.45) is -2.88. The second-order valence-corrected chi connectivity index (χ2v) is 4.49. The van der Waals surface area contributed by atoms with Crippen molar-refractivity contribution in [2.24, 2.45) is 0 Å². The molecule has 0 atom stereocenters. The van der Waals surface area contributed by atoms with Gasteiger partial charge in [0.2, 0.25) is 5.88 Å². The molecule has 0 fully saturated rings. The number of alkyl halides is 3. The predicted molar refractivity (Wildman–Crippen MR) is 73.3 cm³/mol. The fraction of sp³-hybridized carbons (Fsp3) is 0.0714. The summed E-state index contributed by atoms with van der Waals surface area (Å²) in [5, 5.41) is 0.581. The van der Waals surface area contributed by atoms with Crippen LogP contribution in [0.4, 0.5) is 24.7 Å². The highest BCUT2D eigenvalue weighted by Gasteiger charge is 2.30. The van der Waals surface area contributed by atoms with Crippen LogP contribution in [-0.2, 0) is 6.18 Å². The van der Waals surface area contributed by atoms with E-state index in [0.29, 0.717) is 27.9 Å². The number of pyridine rings is 1. The van der Waals surface area contributed by atoms with Crippen LogP contribution < -0.4 is 11.5 Å². The molecule has 108 valence electrons. The average Bonchev–Trinajstić information content (AvgIpc) is 2.74. The Morgan fingerprint density at radius 2 is 1.67 bits per heavy atom. The Labute approximate surface area is 117 Å². The standard InChI is InChI=1S/C14H10F3N3O/c15-14(16,17)8-3-1-7(2-4-8)11-12-9(5-6-20-11)10(18)13(19)21-12/h1-6H,18-19H2. The maximum Gasteiger partial charge on any atom is 0.416 e. The van der Waals surface area contributed by atoms with Crippen molar-refractivity contribution < 1.29 is 17.6 Å². The number of aromatic nitrogens is 1. The zero-order valence-corrected chi connectivity index (χ0v) is 10.6. The number of benzene rings is 1. The quantitative estimate of drug-likeness (QED) is 0.717. The van der Waals surface area contributed by atoms with E-state index in [0.717, 1.165) is 12.1 Å². The molecule has 0 saturated carbocycles. The molecule has 2 aromatic heterocycles. The molecule has 0 spiro atoms. The Morgan fingerprint density at radius 3 is 2.29 bits per heavy atom. The van der Waals surface area contributed by atoms with Crippen LogP contribution in [0.3, 0.4) is 0 Å². The molecule has 4 N–H and O–H groups in total. The summed E-state index contributed by atoms with van der Waals surface area (Å²) < 4.78 is 43.0. The van der Waals surface area contributed by atoms with Gasteiger partial charge < -0.3 is 15.9 Å². The van der Waals surface area contributed by atoms with Gasteiger partial charge in [-0.15, -0.1) is 0 Å². The third-order valence-electron chi connectivity index (χ3n) is 3.16. The van der Waals surface area contributed by atoms with Gasteiger partial charge in [-0.2, -0.15) is 13.2 Å². The summed E-state index contributed by atoms with van der Waals surface area (Å²) in [5.74, 6) is 0.0613. The van der Waals surface area contributed by atoms with Gasteiger partial charge in [-0.3, -0.25) is 4.98 Å². The van der Waals surface area contributed by atoms with Gasteiger partial charge in [0, 0.05) is 17.1 Å². The van der Waals surface area contributed by atoms with Crippen LogP contribution in [0.5, 0.6) is 0 Å². The molecule has 0 unspecified atom stereocenters. The van der Waals surface area contributed by atoms with Crippen LogP contribution in [0, 0.1) is 0 Å². The first-order valence-electron chi connectivity index (χ1n) is 5.98. The average molecular weight is 293 g/mol. The van der Waals surface area contributed by atoms with E-state index in [1.807, 2.05) is 0 Å². The lowest BCUT2D eigenvalue weighted by Crippen LogP contribution is -2.04. The van der Waals surface area contributed by atoms with Gasteiger partial charge in [0.05, 0.1) is 5.56 Å². The van der Waals surface area contributed by atoms with E-state index < -0.39 is 11.7 Å². The van der Waals surface area contributed by atoms with Crippen molar-refractivity contribution in [3.8, 4) is 11.3 Å². The van der Waals surface area contributed by atoms with Crippen LogP contribution in [-0.4, -0.2) is 4.98 Å². The van der Waals surface area contributed by atoms with Gasteiger partial charge in [0.1, 0.15) is 11.4 Å². The van der Waals surface area contributed by atoms with E-state index in [1.54, 1.807) is 6.07 Å². The van der Waals surface area contributed by atoms with Crippen LogP contribution in [0.25, 0.3) is 22.2 Å². The van der Waals surface area contributed by atoms with Crippen LogP contribution in [0.15, 0.2) is 40.9 Å². The Morgan fingerprint density at radius 1 is 1.00 bits per heavy atom. The molecule has 21 heavy (non-hydrogen) atoms. The SMILES string of the molecule is Nc1oc2c(-c3ccc(C(F)(F)F)cc3)nccc2c1N. The summed E-state index contributed by atoms with van der Waals surface area (Å²) in [4.78, 5) is 4.14. The first kappa shape index (κ1) is 13.3. The van der Waals surface area contributed by atoms with Crippen molar-refractivity contribution in [2.45, 2.75) is 6.18 Å². The Hall–Kier alpha value is -2.70. The second kappa shape index (κ2) is 4.41. The van der Waals surface area contributed by atoms with E-state index in [-0.39, 0.29) is 5.88 Å². The van der Waals surface area contributed by atoms with Crippen molar-refractivity contribution in [2.75, 3.05) is 11.5 Å². The molecule has 0 radical (unpaired) electrons. The van der Waals surface area contributed by atoms with E-state index in [9.17, 15) is 13.2 Å². The monoisotopic (exact) mass is 293 g/mol. The van der Waals surface area contributed by atoms with E-state index >= 15 is 0 Å². The van der Waals surface area contributed by atoms with Gasteiger partial charge in [0.15, 0.2) is 5.58 Å². The predicted octanol–water partition coefficient (Wildman–Crippen LogP) is 3.68. The Kier molecular flexibility index (Phi) is 2.79. The van der Waals surface area contributed by atoms with Gasteiger partial charge >= 0.3 is 6.18 Å². The third-order valence-corrected chi connectivity index (χ3v) is 3.16. The largest absolute Gasteiger partial charge is 0.436 e. The molecule has 2 heterocycles. The molecule has 0 saturated heterocycles. The molecule has 4 nitrogen and oxygen atoms in total. The van der Waals surface area contributed by atoms with Crippen molar-refractivity contribution in [3.63, 3.8) is 0 Å². The normalized spacial score (nSPS) is 12.0. The number of hydrogen-bond donors (Lipinski definition) is 2. The summed E-state index contributed by atoms with van der Waals surface area (Å²) in [6.45, 7) is 0. The van der Waals surface area contributed by atoms with Gasteiger partial charge in [-0.05, 0) is 18.2 Å². The molecular formula is C14H10F3N3O. The molecule has 0 bridgehead atoms. The summed E-state index contributed by atoms with van der Waals surface area (Å²) in [6, 6.07) is 6.29. The van der Waals surface area contributed by atoms with Crippen molar-refractivity contribution >= 4 is 22.5 Å². The fourth-order valence-corrected chi connectivity index (χ4v) is 2.08. The zero-order chi connectivity index (χ0) is 15.2. The Balaban J connectivity index is 2.15. The fourth-order valence-electron chi connectivity index (χ4n) is 2.08. The van der Waals surface area contributed by atoms with Gasteiger partial charge in [0.25, 0.3) is 0 Å². The summed E-state index contributed by atoms with van der Waals surface area (Å²) in [5.41, 5.74) is 12.2. The molecule has 0 aliphatic carbocycles. The molecule has 7 heteroatoms. The van der Waals surface area contributed by atoms with Crippen molar-refractivity contribution in [1.82, 2.24) is 4.98 Å². The molecule has 3 aromatic rings. The third kappa shape index (κ3) is 2.16.